The van der Waals surface area contributed by atoms with E-state index in [0.717, 1.165) is 25.3 Å². The minimum absolute atomic E-state index is 0. The van der Waals surface area contributed by atoms with Crippen molar-refractivity contribution in [3.05, 3.63) is 30.1 Å². The Morgan fingerprint density at radius 3 is 2.64 bits per heavy atom. The fraction of sp³-hybridized carbons (Fsp3) is 0.438. The predicted octanol–water partition coefficient (Wildman–Crippen LogP) is 2.79. The molecule has 4 nitrogen and oxygen atoms in total. The highest BCUT2D eigenvalue weighted by atomic mass is 127. The lowest BCUT2D eigenvalue weighted by molar-refractivity contribution is 0.307. The molecular weight excluding hydrogens is 396 g/mol. The molecule has 0 unspecified atom stereocenters. The molecule has 0 saturated carbocycles. The van der Waals surface area contributed by atoms with Crippen LogP contribution in [0.25, 0.3) is 0 Å². The summed E-state index contributed by atoms with van der Waals surface area (Å²) in [5.41, 5.74) is 0. The number of rotatable bonds is 8. The molecule has 1 rings (SSSR count). The van der Waals surface area contributed by atoms with Gasteiger partial charge in [-0.05, 0) is 44.0 Å². The molecule has 0 amide bonds. The molecule has 0 fully saturated rings. The van der Waals surface area contributed by atoms with E-state index in [4.69, 9.17) is 11.2 Å². The van der Waals surface area contributed by atoms with Crippen molar-refractivity contribution >= 4 is 29.9 Å². The monoisotopic (exact) mass is 419 g/mol. The number of guanidine groups is 1. The second-order valence-electron chi connectivity index (χ2n) is 4.33. The lowest BCUT2D eigenvalue weighted by atomic mass is 10.3. The number of aliphatic imine (C=N–C) groups is 1. The summed E-state index contributed by atoms with van der Waals surface area (Å²) < 4.78 is 18.2. The fourth-order valence-corrected chi connectivity index (χ4v) is 1.60. The van der Waals surface area contributed by atoms with Crippen molar-refractivity contribution in [3.8, 4) is 18.1 Å². The Kier molecular flexibility index (Phi) is 12.3. The van der Waals surface area contributed by atoms with Crippen LogP contribution in [0.1, 0.15) is 19.8 Å². The number of nitrogens with one attached hydrogen (secondary N) is 2. The summed E-state index contributed by atoms with van der Waals surface area (Å²) in [5.74, 6) is 3.67. The number of halogens is 2. The first-order valence-electron chi connectivity index (χ1n) is 7.10. The number of hydrogen-bond donors (Lipinski definition) is 2. The van der Waals surface area contributed by atoms with E-state index in [1.54, 1.807) is 12.1 Å². The van der Waals surface area contributed by atoms with Crippen LogP contribution < -0.4 is 15.4 Å². The zero-order valence-electron chi connectivity index (χ0n) is 12.8. The second kappa shape index (κ2) is 13.2. The van der Waals surface area contributed by atoms with Crippen molar-refractivity contribution in [1.82, 2.24) is 10.6 Å². The van der Waals surface area contributed by atoms with E-state index in [1.807, 2.05) is 6.92 Å². The molecule has 0 aliphatic carbocycles. The summed E-state index contributed by atoms with van der Waals surface area (Å²) in [6, 6.07) is 6.03. The van der Waals surface area contributed by atoms with Gasteiger partial charge in [-0.25, -0.2) is 4.39 Å². The minimum atomic E-state index is -0.257. The molecule has 0 aliphatic rings. The average molecular weight is 419 g/mol. The first-order chi connectivity index (χ1) is 10.3. The van der Waals surface area contributed by atoms with Crippen LogP contribution in [-0.2, 0) is 0 Å². The average Bonchev–Trinajstić information content (AvgIpc) is 2.50. The van der Waals surface area contributed by atoms with E-state index in [0.29, 0.717) is 25.4 Å². The Labute approximate surface area is 148 Å². The zero-order valence-corrected chi connectivity index (χ0v) is 15.1. The molecule has 0 bridgehead atoms. The topological polar surface area (TPSA) is 45.7 Å². The van der Waals surface area contributed by atoms with Gasteiger partial charge in [0.15, 0.2) is 5.96 Å². The normalized spacial score (nSPS) is 10.3. The number of nitrogens with zero attached hydrogens (tertiary/aromatic N) is 1. The van der Waals surface area contributed by atoms with Crippen LogP contribution in [0.4, 0.5) is 4.39 Å². The first-order valence-corrected chi connectivity index (χ1v) is 7.10. The predicted molar refractivity (Wildman–Crippen MR) is 99.4 cm³/mol. The van der Waals surface area contributed by atoms with Gasteiger partial charge in [0.2, 0.25) is 0 Å². The van der Waals surface area contributed by atoms with Crippen LogP contribution in [-0.4, -0.2) is 32.2 Å². The number of unbranched alkanes of at least 4 members (excludes halogenated alkanes) is 1. The van der Waals surface area contributed by atoms with E-state index in [9.17, 15) is 4.39 Å². The molecule has 1 aromatic rings. The van der Waals surface area contributed by atoms with Crippen molar-refractivity contribution < 1.29 is 9.13 Å². The number of hydrogen-bond acceptors (Lipinski definition) is 2. The van der Waals surface area contributed by atoms with Gasteiger partial charge in [-0.2, -0.15) is 0 Å². The SMILES string of the molecule is C#CCNC(=NCCCCOc1ccc(F)cc1)NCC.I. The van der Waals surface area contributed by atoms with Crippen LogP contribution in [0.2, 0.25) is 0 Å². The van der Waals surface area contributed by atoms with Crippen LogP contribution >= 0.6 is 24.0 Å². The van der Waals surface area contributed by atoms with Crippen molar-refractivity contribution in [2.45, 2.75) is 19.8 Å². The summed E-state index contributed by atoms with van der Waals surface area (Å²) in [6.07, 6.45) is 6.99. The largest absolute Gasteiger partial charge is 0.494 e. The lowest BCUT2D eigenvalue weighted by Crippen LogP contribution is -2.37. The fourth-order valence-electron chi connectivity index (χ4n) is 1.60. The molecule has 0 radical (unpaired) electrons. The molecular formula is C16H23FIN3O. The van der Waals surface area contributed by atoms with Crippen molar-refractivity contribution in [3.63, 3.8) is 0 Å². The van der Waals surface area contributed by atoms with Gasteiger partial charge in [0, 0.05) is 13.1 Å². The van der Waals surface area contributed by atoms with Crippen LogP contribution in [0, 0.1) is 18.2 Å². The molecule has 0 heterocycles. The van der Waals surface area contributed by atoms with E-state index < -0.39 is 0 Å². The molecule has 0 saturated heterocycles. The van der Waals surface area contributed by atoms with Crippen LogP contribution in [0.15, 0.2) is 29.3 Å². The van der Waals surface area contributed by atoms with Crippen LogP contribution in [0.5, 0.6) is 5.75 Å². The number of benzene rings is 1. The highest BCUT2D eigenvalue weighted by Gasteiger charge is 1.96. The molecule has 0 aliphatic heterocycles. The van der Waals surface area contributed by atoms with Gasteiger partial charge < -0.3 is 15.4 Å². The second-order valence-corrected chi connectivity index (χ2v) is 4.33. The summed E-state index contributed by atoms with van der Waals surface area (Å²) in [6.45, 7) is 4.55. The Balaban J connectivity index is 0.00000441. The Morgan fingerprint density at radius 1 is 1.27 bits per heavy atom. The highest BCUT2D eigenvalue weighted by molar-refractivity contribution is 14.0. The van der Waals surface area contributed by atoms with Gasteiger partial charge in [-0.1, -0.05) is 5.92 Å². The Hall–Kier alpha value is -1.49. The van der Waals surface area contributed by atoms with Gasteiger partial charge in [0.1, 0.15) is 11.6 Å². The third-order valence-electron chi connectivity index (χ3n) is 2.61. The number of ether oxygens (including phenoxy) is 1. The minimum Gasteiger partial charge on any atom is -0.494 e. The van der Waals surface area contributed by atoms with Gasteiger partial charge in [0.25, 0.3) is 0 Å². The molecule has 0 aromatic heterocycles. The van der Waals surface area contributed by atoms with E-state index in [1.165, 1.54) is 12.1 Å². The lowest BCUT2D eigenvalue weighted by Gasteiger charge is -2.09. The van der Waals surface area contributed by atoms with Gasteiger partial charge >= 0.3 is 0 Å². The third kappa shape index (κ3) is 9.45. The summed E-state index contributed by atoms with van der Waals surface area (Å²) in [7, 11) is 0. The quantitative estimate of drug-likeness (QED) is 0.224. The van der Waals surface area contributed by atoms with E-state index in [2.05, 4.69) is 21.5 Å². The van der Waals surface area contributed by atoms with E-state index >= 15 is 0 Å². The summed E-state index contributed by atoms with van der Waals surface area (Å²) >= 11 is 0. The number of terminal acetylenes is 1. The maximum absolute atomic E-state index is 12.7. The van der Waals surface area contributed by atoms with Crippen LogP contribution in [0.3, 0.4) is 0 Å². The van der Waals surface area contributed by atoms with Crippen molar-refractivity contribution in [2.24, 2.45) is 4.99 Å². The molecule has 122 valence electrons. The summed E-state index contributed by atoms with van der Waals surface area (Å²) in [5, 5.41) is 6.14. The highest BCUT2D eigenvalue weighted by Crippen LogP contribution is 2.11. The van der Waals surface area contributed by atoms with Gasteiger partial charge in [0.05, 0.1) is 13.2 Å². The van der Waals surface area contributed by atoms with Crippen molar-refractivity contribution in [2.75, 3.05) is 26.2 Å². The molecule has 0 atom stereocenters. The standard InChI is InChI=1S/C16H22FN3O.HI/c1-3-11-19-16(18-4-2)20-12-5-6-13-21-15-9-7-14(17)8-10-15;/h1,7-10H,4-6,11-13H2,2H3,(H2,18,19,20);1H. The zero-order chi connectivity index (χ0) is 15.3. The maximum atomic E-state index is 12.7. The molecule has 0 spiro atoms. The van der Waals surface area contributed by atoms with Gasteiger partial charge in [-0.3, -0.25) is 4.99 Å². The molecule has 22 heavy (non-hydrogen) atoms. The smallest absolute Gasteiger partial charge is 0.192 e. The third-order valence-corrected chi connectivity index (χ3v) is 2.61. The van der Waals surface area contributed by atoms with E-state index in [-0.39, 0.29) is 29.8 Å². The van der Waals surface area contributed by atoms with Gasteiger partial charge in [-0.15, -0.1) is 30.4 Å². The first kappa shape index (κ1) is 20.5. The maximum Gasteiger partial charge on any atom is 0.192 e. The van der Waals surface area contributed by atoms with Crippen molar-refractivity contribution in [1.29, 1.82) is 0 Å². The Morgan fingerprint density at radius 2 is 2.00 bits per heavy atom. The summed E-state index contributed by atoms with van der Waals surface area (Å²) in [4.78, 5) is 4.40. The molecule has 1 aromatic carbocycles. The molecule has 2 N–H and O–H groups in total. The molecule has 6 heteroatoms. The Bertz CT molecular complexity index is 471.